The maximum atomic E-state index is 12.4. The number of pyridine rings is 1. The van der Waals surface area contributed by atoms with Crippen molar-refractivity contribution in [2.24, 2.45) is 0 Å². The minimum Gasteiger partial charge on any atom is -0.338 e. The van der Waals surface area contributed by atoms with Crippen LogP contribution in [0.1, 0.15) is 28.8 Å². The van der Waals surface area contributed by atoms with Crippen molar-refractivity contribution < 1.29 is 9.59 Å². The molecule has 1 saturated heterocycles. The van der Waals surface area contributed by atoms with E-state index in [2.05, 4.69) is 15.6 Å². The summed E-state index contributed by atoms with van der Waals surface area (Å²) in [5, 5.41) is 5.86. The molecule has 0 saturated carbocycles. The van der Waals surface area contributed by atoms with Crippen molar-refractivity contribution in [2.75, 3.05) is 13.1 Å². The van der Waals surface area contributed by atoms with Gasteiger partial charge in [0.05, 0.1) is 0 Å². The lowest BCUT2D eigenvalue weighted by Crippen LogP contribution is -2.49. The van der Waals surface area contributed by atoms with Crippen LogP contribution in [-0.2, 0) is 6.54 Å². The summed E-state index contributed by atoms with van der Waals surface area (Å²) in [4.78, 5) is 30.2. The van der Waals surface area contributed by atoms with E-state index >= 15 is 0 Å². The van der Waals surface area contributed by atoms with Gasteiger partial charge in [-0.15, -0.1) is 0 Å². The van der Waals surface area contributed by atoms with Crippen molar-refractivity contribution in [1.82, 2.24) is 20.5 Å². The Morgan fingerprint density at radius 2 is 1.72 bits per heavy atom. The fourth-order valence-corrected chi connectivity index (χ4v) is 2.92. The SMILES string of the molecule is O=C(NCc1ccccc1)NC1CCN(C(=O)c2ccncc2)CC1. The van der Waals surface area contributed by atoms with Crippen molar-refractivity contribution in [3.05, 3.63) is 66.0 Å². The number of likely N-dealkylation sites (tertiary alicyclic amines) is 1. The third kappa shape index (κ3) is 4.79. The molecule has 1 aliphatic heterocycles. The summed E-state index contributed by atoms with van der Waals surface area (Å²) in [5.74, 6) is 0.0226. The first-order chi connectivity index (χ1) is 12.2. The predicted molar refractivity (Wildman–Crippen MR) is 95.0 cm³/mol. The van der Waals surface area contributed by atoms with E-state index in [1.807, 2.05) is 35.2 Å². The fourth-order valence-electron chi connectivity index (χ4n) is 2.92. The Morgan fingerprint density at radius 1 is 1.04 bits per heavy atom. The van der Waals surface area contributed by atoms with Gasteiger partial charge in [0.25, 0.3) is 5.91 Å². The number of benzene rings is 1. The number of nitrogens with one attached hydrogen (secondary N) is 2. The summed E-state index contributed by atoms with van der Waals surface area (Å²) in [6.45, 7) is 1.79. The highest BCUT2D eigenvalue weighted by molar-refractivity contribution is 5.94. The molecule has 1 fully saturated rings. The first kappa shape index (κ1) is 17.0. The van der Waals surface area contributed by atoms with Gasteiger partial charge in [0.2, 0.25) is 0 Å². The molecule has 2 heterocycles. The van der Waals surface area contributed by atoms with Crippen LogP contribution in [0.15, 0.2) is 54.9 Å². The van der Waals surface area contributed by atoms with E-state index in [0.717, 1.165) is 18.4 Å². The maximum absolute atomic E-state index is 12.4. The van der Waals surface area contributed by atoms with Crippen LogP contribution >= 0.6 is 0 Å². The van der Waals surface area contributed by atoms with Crippen LogP contribution in [0.4, 0.5) is 4.79 Å². The monoisotopic (exact) mass is 338 g/mol. The highest BCUT2D eigenvalue weighted by atomic mass is 16.2. The average molecular weight is 338 g/mol. The molecule has 0 aliphatic carbocycles. The zero-order valence-electron chi connectivity index (χ0n) is 14.0. The smallest absolute Gasteiger partial charge is 0.315 e. The van der Waals surface area contributed by atoms with Gasteiger partial charge in [-0.3, -0.25) is 9.78 Å². The minimum atomic E-state index is -0.164. The lowest BCUT2D eigenvalue weighted by atomic mass is 10.0. The zero-order chi connectivity index (χ0) is 17.5. The fraction of sp³-hybridized carbons (Fsp3) is 0.316. The van der Waals surface area contributed by atoms with Crippen molar-refractivity contribution in [1.29, 1.82) is 0 Å². The number of carbonyl (C=O) groups is 2. The van der Waals surface area contributed by atoms with Crippen molar-refractivity contribution in [3.63, 3.8) is 0 Å². The number of aromatic nitrogens is 1. The molecule has 0 atom stereocenters. The Kier molecular flexibility index (Phi) is 5.61. The molecule has 0 unspecified atom stereocenters. The van der Waals surface area contributed by atoms with Gasteiger partial charge in [0, 0.05) is 43.6 Å². The highest BCUT2D eigenvalue weighted by Gasteiger charge is 2.24. The van der Waals surface area contributed by atoms with E-state index < -0.39 is 0 Å². The summed E-state index contributed by atoms with van der Waals surface area (Å²) in [6, 6.07) is 13.2. The molecule has 3 amide bonds. The Labute approximate surface area is 147 Å². The van der Waals surface area contributed by atoms with Gasteiger partial charge in [-0.1, -0.05) is 30.3 Å². The molecule has 0 spiro atoms. The molecule has 130 valence electrons. The first-order valence-corrected chi connectivity index (χ1v) is 8.50. The second-order valence-electron chi connectivity index (χ2n) is 6.11. The Bertz CT molecular complexity index is 698. The minimum absolute atomic E-state index is 0.0226. The molecule has 0 bridgehead atoms. The summed E-state index contributed by atoms with van der Waals surface area (Å²) in [7, 11) is 0. The zero-order valence-corrected chi connectivity index (χ0v) is 14.0. The molecular formula is C19H22N4O2. The molecule has 3 rings (SSSR count). The van der Waals surface area contributed by atoms with Crippen molar-refractivity contribution in [3.8, 4) is 0 Å². The summed E-state index contributed by atoms with van der Waals surface area (Å²) >= 11 is 0. The van der Waals surface area contributed by atoms with Crippen LogP contribution in [-0.4, -0.2) is 41.0 Å². The van der Waals surface area contributed by atoms with Gasteiger partial charge in [0.15, 0.2) is 0 Å². The molecule has 2 N–H and O–H groups in total. The Hall–Kier alpha value is -2.89. The van der Waals surface area contributed by atoms with Crippen LogP contribution in [0, 0.1) is 0 Å². The first-order valence-electron chi connectivity index (χ1n) is 8.50. The molecular weight excluding hydrogens is 316 g/mol. The molecule has 0 radical (unpaired) electrons. The number of amides is 3. The van der Waals surface area contributed by atoms with Crippen LogP contribution in [0.5, 0.6) is 0 Å². The van der Waals surface area contributed by atoms with Gasteiger partial charge in [-0.25, -0.2) is 4.79 Å². The number of piperidine rings is 1. The lowest BCUT2D eigenvalue weighted by molar-refractivity contribution is 0.0708. The molecule has 1 aliphatic rings. The van der Waals surface area contributed by atoms with E-state index in [1.54, 1.807) is 24.5 Å². The number of carbonyl (C=O) groups excluding carboxylic acids is 2. The predicted octanol–water partition coefficient (Wildman–Crippen LogP) is 2.19. The van der Waals surface area contributed by atoms with E-state index in [1.165, 1.54) is 0 Å². The van der Waals surface area contributed by atoms with Gasteiger partial charge >= 0.3 is 6.03 Å². The van der Waals surface area contributed by atoms with Crippen LogP contribution < -0.4 is 10.6 Å². The van der Waals surface area contributed by atoms with E-state index in [4.69, 9.17) is 0 Å². The van der Waals surface area contributed by atoms with Gasteiger partial charge in [-0.2, -0.15) is 0 Å². The van der Waals surface area contributed by atoms with Crippen LogP contribution in [0.25, 0.3) is 0 Å². The summed E-state index contributed by atoms with van der Waals surface area (Å²) in [5.41, 5.74) is 1.72. The van der Waals surface area contributed by atoms with Gasteiger partial charge < -0.3 is 15.5 Å². The van der Waals surface area contributed by atoms with Crippen molar-refractivity contribution in [2.45, 2.75) is 25.4 Å². The average Bonchev–Trinajstić information content (AvgIpc) is 2.68. The second kappa shape index (κ2) is 8.28. The normalized spacial score (nSPS) is 14.8. The molecule has 25 heavy (non-hydrogen) atoms. The Balaban J connectivity index is 1.41. The number of rotatable bonds is 4. The number of urea groups is 1. The number of hydrogen-bond donors (Lipinski definition) is 2. The van der Waals surface area contributed by atoms with E-state index in [-0.39, 0.29) is 18.0 Å². The van der Waals surface area contributed by atoms with Gasteiger partial charge in [0.1, 0.15) is 0 Å². The highest BCUT2D eigenvalue weighted by Crippen LogP contribution is 2.13. The molecule has 2 aromatic rings. The largest absolute Gasteiger partial charge is 0.338 e. The van der Waals surface area contributed by atoms with Crippen LogP contribution in [0.3, 0.4) is 0 Å². The van der Waals surface area contributed by atoms with E-state index in [9.17, 15) is 9.59 Å². The van der Waals surface area contributed by atoms with E-state index in [0.29, 0.717) is 25.2 Å². The van der Waals surface area contributed by atoms with Crippen molar-refractivity contribution >= 4 is 11.9 Å². The quantitative estimate of drug-likeness (QED) is 0.897. The summed E-state index contributed by atoms with van der Waals surface area (Å²) in [6.07, 6.45) is 4.77. The third-order valence-electron chi connectivity index (χ3n) is 4.34. The van der Waals surface area contributed by atoms with Crippen LogP contribution in [0.2, 0.25) is 0 Å². The number of nitrogens with zero attached hydrogens (tertiary/aromatic N) is 2. The Morgan fingerprint density at radius 3 is 2.40 bits per heavy atom. The number of hydrogen-bond acceptors (Lipinski definition) is 3. The molecule has 1 aromatic carbocycles. The van der Waals surface area contributed by atoms with Gasteiger partial charge in [-0.05, 0) is 30.5 Å². The summed E-state index contributed by atoms with van der Waals surface area (Å²) < 4.78 is 0. The third-order valence-corrected chi connectivity index (χ3v) is 4.34. The second-order valence-corrected chi connectivity index (χ2v) is 6.11. The standard InChI is InChI=1S/C19H22N4O2/c24-18(16-6-10-20-11-7-16)23-12-8-17(9-13-23)22-19(25)21-14-15-4-2-1-3-5-15/h1-7,10-11,17H,8-9,12-14H2,(H2,21,22,25). The maximum Gasteiger partial charge on any atom is 0.315 e. The topological polar surface area (TPSA) is 74.3 Å². The molecule has 6 heteroatoms. The molecule has 1 aromatic heterocycles. The lowest BCUT2D eigenvalue weighted by Gasteiger charge is -2.32. The molecule has 6 nitrogen and oxygen atoms in total.